The van der Waals surface area contributed by atoms with Crippen molar-refractivity contribution in [3.63, 3.8) is 0 Å². The SMILES string of the molecule is C.[Cr].[Fe].[Mn].[Ni].[W]. The molecule has 0 rings (SSSR count). The summed E-state index contributed by atoms with van der Waals surface area (Å²) in [4.78, 5) is 0. The summed E-state index contributed by atoms with van der Waals surface area (Å²) in [5, 5.41) is 0. The maximum absolute atomic E-state index is 0. The van der Waals surface area contributed by atoms with Crippen molar-refractivity contribution in [3.8, 4) is 0 Å². The van der Waals surface area contributed by atoms with Gasteiger partial charge in [-0.1, -0.05) is 7.43 Å². The van der Waals surface area contributed by atoms with Gasteiger partial charge in [-0.25, -0.2) is 0 Å². The molecule has 0 aromatic carbocycles. The average molecular weight is 421 g/mol. The maximum atomic E-state index is 0. The third kappa shape index (κ3) is 29.5. The van der Waals surface area contributed by atoms with Crippen molar-refractivity contribution in [2.75, 3.05) is 0 Å². The van der Waals surface area contributed by atoms with Crippen molar-refractivity contribution in [3.05, 3.63) is 0 Å². The van der Waals surface area contributed by atoms with Crippen LogP contribution in [-0.4, -0.2) is 0 Å². The molecule has 6 heavy (non-hydrogen) atoms. The van der Waals surface area contributed by atoms with Gasteiger partial charge in [-0.2, -0.15) is 0 Å². The molecular weight excluding hydrogens is 417 g/mol. The number of hydrogen-bond acceptors (Lipinski definition) is 0. The van der Waals surface area contributed by atoms with Gasteiger partial charge in [0.2, 0.25) is 0 Å². The first-order chi connectivity index (χ1) is 0. The van der Waals surface area contributed by atoms with E-state index in [-0.39, 0.29) is 96.5 Å². The van der Waals surface area contributed by atoms with Crippen LogP contribution in [0.3, 0.4) is 0 Å². The molecule has 45 valence electrons. The molecule has 0 amide bonds. The summed E-state index contributed by atoms with van der Waals surface area (Å²) in [7, 11) is 0. The van der Waals surface area contributed by atoms with E-state index in [0.29, 0.717) is 0 Å². The zero-order valence-electron chi connectivity index (χ0n) is 1.86. The van der Waals surface area contributed by atoms with Crippen molar-refractivity contribution in [2.45, 2.75) is 7.43 Å². The summed E-state index contributed by atoms with van der Waals surface area (Å²) in [5.41, 5.74) is 0. The van der Waals surface area contributed by atoms with Gasteiger partial charge in [-0.05, 0) is 0 Å². The molecule has 0 saturated carbocycles. The minimum atomic E-state index is 0. The summed E-state index contributed by atoms with van der Waals surface area (Å²) >= 11 is 0. The van der Waals surface area contributed by atoms with E-state index in [4.69, 9.17) is 0 Å². The number of hydrogen-bond donors (Lipinski definition) is 0. The van der Waals surface area contributed by atoms with Gasteiger partial charge >= 0.3 is 0 Å². The first-order valence-corrected chi connectivity index (χ1v) is 0. The first kappa shape index (κ1) is 69.4. The van der Waals surface area contributed by atoms with Crippen LogP contribution < -0.4 is 0 Å². The topological polar surface area (TPSA) is 0 Å². The zero-order chi connectivity index (χ0) is 0. The third-order valence-electron chi connectivity index (χ3n) is 0. The summed E-state index contributed by atoms with van der Waals surface area (Å²) in [5.74, 6) is 0. The standard InChI is InChI=1S/CH4.Cr.Fe.Mn.Ni.W/h1H4;;;;;. The normalized spacial score (nSPS) is 0. The van der Waals surface area contributed by atoms with Gasteiger partial charge in [0.15, 0.2) is 0 Å². The van der Waals surface area contributed by atoms with Crippen molar-refractivity contribution in [1.82, 2.24) is 0 Å². The van der Waals surface area contributed by atoms with E-state index in [1.807, 2.05) is 0 Å². The average Bonchev–Trinajstić information content (AvgIpc) is 0. The van der Waals surface area contributed by atoms with Gasteiger partial charge in [0.25, 0.3) is 0 Å². The van der Waals surface area contributed by atoms with Crippen LogP contribution in [0.25, 0.3) is 0 Å². The molecule has 0 aromatic heterocycles. The van der Waals surface area contributed by atoms with Crippen LogP contribution in [-0.2, 0) is 89.1 Å². The Labute approximate surface area is 95.2 Å². The second-order valence-electron chi connectivity index (χ2n) is 0. The molecule has 0 saturated heterocycles. The van der Waals surface area contributed by atoms with E-state index in [2.05, 4.69) is 0 Å². The third-order valence-corrected chi connectivity index (χ3v) is 0. The Kier molecular flexibility index (Phi) is 540. The molecule has 0 aliphatic rings. The fourth-order valence-electron chi connectivity index (χ4n) is 0. The molecule has 1 radical (unpaired) electrons. The van der Waals surface area contributed by atoms with Gasteiger partial charge < -0.3 is 0 Å². The van der Waals surface area contributed by atoms with E-state index in [1.54, 1.807) is 0 Å². The molecular formula is CH4CrFeMnNiW. The minimum absolute atomic E-state index is 0. The largest absolute Gasteiger partial charge is 0.0776 e. The molecule has 5 heteroatoms. The maximum Gasteiger partial charge on any atom is 0 e. The Bertz CT molecular complexity index is 15.5. The van der Waals surface area contributed by atoms with E-state index < -0.39 is 0 Å². The molecule has 0 heterocycles. The number of rotatable bonds is 0. The summed E-state index contributed by atoms with van der Waals surface area (Å²) in [6.45, 7) is 0. The molecule has 0 unspecified atom stereocenters. The molecule has 0 nitrogen and oxygen atoms in total. The Balaban J connectivity index is 0. The van der Waals surface area contributed by atoms with Gasteiger partial charge in [0.1, 0.15) is 0 Å². The monoisotopic (exact) mass is 421 g/mol. The smallest absolute Gasteiger partial charge is 0 e. The molecule has 0 aliphatic heterocycles. The van der Waals surface area contributed by atoms with Crippen molar-refractivity contribution >= 4 is 0 Å². The summed E-state index contributed by atoms with van der Waals surface area (Å²) < 4.78 is 0. The quantitative estimate of drug-likeness (QED) is 0.504. The second kappa shape index (κ2) is 46.6. The van der Waals surface area contributed by atoms with E-state index in [1.165, 1.54) is 0 Å². The molecule has 0 bridgehead atoms. The van der Waals surface area contributed by atoms with Gasteiger partial charge in [0, 0.05) is 89.1 Å². The van der Waals surface area contributed by atoms with E-state index in [0.717, 1.165) is 0 Å². The van der Waals surface area contributed by atoms with E-state index in [9.17, 15) is 0 Å². The van der Waals surface area contributed by atoms with Crippen molar-refractivity contribution in [2.24, 2.45) is 0 Å². The van der Waals surface area contributed by atoms with Crippen LogP contribution in [0.2, 0.25) is 0 Å². The van der Waals surface area contributed by atoms with Gasteiger partial charge in [-0.3, -0.25) is 0 Å². The van der Waals surface area contributed by atoms with Crippen molar-refractivity contribution in [1.29, 1.82) is 0 Å². The van der Waals surface area contributed by atoms with Crippen molar-refractivity contribution < 1.29 is 89.1 Å². The predicted octanol–water partition coefficient (Wildman–Crippen LogP) is 0.624. The molecule has 0 aromatic rings. The Hall–Kier alpha value is 2.75. The summed E-state index contributed by atoms with van der Waals surface area (Å²) in [6, 6.07) is 0. The first-order valence-electron chi connectivity index (χ1n) is 0. The fourth-order valence-corrected chi connectivity index (χ4v) is 0. The van der Waals surface area contributed by atoms with Crippen LogP contribution in [0.5, 0.6) is 0 Å². The van der Waals surface area contributed by atoms with Gasteiger partial charge in [-0.15, -0.1) is 0 Å². The van der Waals surface area contributed by atoms with E-state index >= 15 is 0 Å². The Morgan fingerprint density at radius 1 is 1.00 bits per heavy atom. The zero-order valence-corrected chi connectivity index (χ0v) is 9.34. The molecule has 0 N–H and O–H groups in total. The Morgan fingerprint density at radius 3 is 1.00 bits per heavy atom. The van der Waals surface area contributed by atoms with Crippen LogP contribution in [0.15, 0.2) is 0 Å². The molecule has 0 atom stereocenters. The van der Waals surface area contributed by atoms with Crippen LogP contribution in [0, 0.1) is 0 Å². The molecule has 0 fully saturated rings. The predicted molar refractivity (Wildman–Crippen MR) is 6.73 cm³/mol. The molecule has 0 spiro atoms. The van der Waals surface area contributed by atoms with Crippen LogP contribution in [0.1, 0.15) is 7.43 Å². The van der Waals surface area contributed by atoms with Crippen LogP contribution >= 0.6 is 0 Å². The summed E-state index contributed by atoms with van der Waals surface area (Å²) in [6.07, 6.45) is 0. The molecule has 0 aliphatic carbocycles. The van der Waals surface area contributed by atoms with Crippen LogP contribution in [0.4, 0.5) is 0 Å². The fraction of sp³-hybridized carbons (Fsp3) is 1.00. The minimum Gasteiger partial charge on any atom is -0.0776 e. The van der Waals surface area contributed by atoms with Gasteiger partial charge in [0.05, 0.1) is 0 Å². The second-order valence-corrected chi connectivity index (χ2v) is 0. The Morgan fingerprint density at radius 2 is 1.00 bits per heavy atom.